The minimum Gasteiger partial charge on any atom is -0.497 e. The standard InChI is InChI=1S/C36H27BrN4O10S/c1-4-50-35(43)30-31(21-9-6-5-7-10-21)38-36-39(32(30)22-11-8-12-24(18-22)48-2)34(42)29(52-36)17-20-15-25(37)33(28(16-20)49-3)51-27-14-13-23(40(44)45)19-26(27)41(46)47/h5-19,32H,4H2,1-3H3/b29-17-/t32-/m0/s1. The Bertz CT molecular complexity index is 2460. The molecule has 0 amide bonds. The molecule has 52 heavy (non-hydrogen) atoms. The van der Waals surface area contributed by atoms with Gasteiger partial charge in [0.1, 0.15) is 5.75 Å². The topological polar surface area (TPSA) is 175 Å². The molecular weight excluding hydrogens is 760 g/mol. The number of non-ortho nitro benzene ring substituents is 1. The Labute approximate surface area is 306 Å². The number of esters is 1. The number of ether oxygens (including phenoxy) is 4. The first kappa shape index (κ1) is 35.7. The maximum Gasteiger partial charge on any atom is 0.338 e. The third-order valence-corrected chi connectivity index (χ3v) is 9.47. The molecule has 2 heterocycles. The van der Waals surface area contributed by atoms with E-state index in [1.54, 1.807) is 49.4 Å². The number of nitro groups is 2. The number of halogens is 1. The number of rotatable bonds is 11. The van der Waals surface area contributed by atoms with Crippen molar-refractivity contribution in [2.24, 2.45) is 4.99 Å². The molecule has 264 valence electrons. The minimum atomic E-state index is -0.919. The number of carbonyl (C=O) groups excluding carboxylic acids is 1. The maximum atomic E-state index is 14.3. The third-order valence-electron chi connectivity index (χ3n) is 7.89. The Hall–Kier alpha value is -6.13. The number of methoxy groups -OCH3 is 2. The van der Waals surface area contributed by atoms with Gasteiger partial charge in [-0.1, -0.05) is 53.8 Å². The number of fused-ring (bicyclic) bond motifs is 1. The lowest BCUT2D eigenvalue weighted by atomic mass is 9.93. The van der Waals surface area contributed by atoms with Gasteiger partial charge in [-0.15, -0.1) is 0 Å². The number of carbonyl (C=O) groups is 1. The van der Waals surface area contributed by atoms with Crippen LogP contribution in [-0.4, -0.2) is 41.2 Å². The molecule has 0 bridgehead atoms. The van der Waals surface area contributed by atoms with Crippen LogP contribution in [0.15, 0.2) is 105 Å². The molecular formula is C36H27BrN4O10S. The van der Waals surface area contributed by atoms with Crippen LogP contribution in [0.4, 0.5) is 11.4 Å². The number of hydrogen-bond acceptors (Lipinski definition) is 12. The summed E-state index contributed by atoms with van der Waals surface area (Å²) in [7, 11) is 2.89. The molecule has 0 saturated heterocycles. The summed E-state index contributed by atoms with van der Waals surface area (Å²) >= 11 is 4.56. The molecule has 0 aliphatic carbocycles. The van der Waals surface area contributed by atoms with Crippen LogP contribution in [0.2, 0.25) is 0 Å². The molecule has 0 radical (unpaired) electrons. The summed E-state index contributed by atoms with van der Waals surface area (Å²) < 4.78 is 24.5. The molecule has 0 spiro atoms. The van der Waals surface area contributed by atoms with E-state index >= 15 is 0 Å². The van der Waals surface area contributed by atoms with Gasteiger partial charge in [0, 0.05) is 11.6 Å². The molecule has 6 rings (SSSR count). The molecule has 0 unspecified atom stereocenters. The second-order valence-electron chi connectivity index (χ2n) is 11.0. The average Bonchev–Trinajstić information content (AvgIpc) is 3.45. The van der Waals surface area contributed by atoms with Gasteiger partial charge >= 0.3 is 11.7 Å². The van der Waals surface area contributed by atoms with E-state index in [9.17, 15) is 29.8 Å². The summed E-state index contributed by atoms with van der Waals surface area (Å²) in [4.78, 5) is 54.7. The molecule has 1 atom stereocenters. The van der Waals surface area contributed by atoms with Gasteiger partial charge in [0.15, 0.2) is 16.3 Å². The fourth-order valence-corrected chi connectivity index (χ4v) is 7.14. The van der Waals surface area contributed by atoms with Gasteiger partial charge in [-0.05, 0) is 70.4 Å². The summed E-state index contributed by atoms with van der Waals surface area (Å²) in [6, 6.07) is 21.5. The van der Waals surface area contributed by atoms with Crippen LogP contribution in [0.5, 0.6) is 23.0 Å². The van der Waals surface area contributed by atoms with E-state index in [0.717, 1.165) is 29.5 Å². The van der Waals surface area contributed by atoms with Gasteiger partial charge in [0.2, 0.25) is 5.75 Å². The first-order chi connectivity index (χ1) is 25.0. The Balaban J connectivity index is 1.52. The van der Waals surface area contributed by atoms with Crippen molar-refractivity contribution >= 4 is 56.4 Å². The van der Waals surface area contributed by atoms with Crippen LogP contribution in [-0.2, 0) is 9.53 Å². The second-order valence-corrected chi connectivity index (χ2v) is 12.9. The largest absolute Gasteiger partial charge is 0.497 e. The highest BCUT2D eigenvalue weighted by molar-refractivity contribution is 9.10. The number of hydrogen-bond donors (Lipinski definition) is 0. The molecule has 1 aliphatic rings. The first-order valence-electron chi connectivity index (χ1n) is 15.4. The number of aromatic nitrogens is 1. The van der Waals surface area contributed by atoms with E-state index in [2.05, 4.69) is 15.9 Å². The first-order valence-corrected chi connectivity index (χ1v) is 17.1. The summed E-state index contributed by atoms with van der Waals surface area (Å²) in [5, 5.41) is 22.9. The van der Waals surface area contributed by atoms with Crippen molar-refractivity contribution in [2.45, 2.75) is 13.0 Å². The Kier molecular flexibility index (Phi) is 10.3. The lowest BCUT2D eigenvalue weighted by molar-refractivity contribution is -0.394. The maximum absolute atomic E-state index is 14.3. The van der Waals surface area contributed by atoms with E-state index < -0.39 is 38.8 Å². The van der Waals surface area contributed by atoms with E-state index in [1.807, 2.05) is 30.3 Å². The van der Waals surface area contributed by atoms with Crippen LogP contribution in [0.25, 0.3) is 11.8 Å². The fraction of sp³-hybridized carbons (Fsp3) is 0.139. The number of nitrogens with zero attached hydrogens (tertiary/aromatic N) is 4. The Morgan fingerprint density at radius 1 is 0.962 bits per heavy atom. The molecule has 0 saturated carbocycles. The summed E-state index contributed by atoms with van der Waals surface area (Å²) in [6.45, 7) is 1.81. The van der Waals surface area contributed by atoms with Crippen molar-refractivity contribution in [2.75, 3.05) is 20.8 Å². The predicted molar refractivity (Wildman–Crippen MR) is 195 cm³/mol. The molecule has 0 N–H and O–H groups in total. The minimum absolute atomic E-state index is 0.0580. The molecule has 16 heteroatoms. The van der Waals surface area contributed by atoms with Crippen molar-refractivity contribution in [1.29, 1.82) is 0 Å². The monoisotopic (exact) mass is 786 g/mol. The van der Waals surface area contributed by atoms with Crippen molar-refractivity contribution < 1.29 is 33.6 Å². The Morgan fingerprint density at radius 3 is 2.40 bits per heavy atom. The average molecular weight is 788 g/mol. The zero-order chi connectivity index (χ0) is 37.1. The third kappa shape index (κ3) is 6.93. The normalized spacial score (nSPS) is 13.9. The number of nitro benzene ring substituents is 2. The summed E-state index contributed by atoms with van der Waals surface area (Å²) in [6.07, 6.45) is 1.62. The zero-order valence-electron chi connectivity index (χ0n) is 27.6. The fourth-order valence-electron chi connectivity index (χ4n) is 5.60. The highest BCUT2D eigenvalue weighted by Gasteiger charge is 2.35. The van der Waals surface area contributed by atoms with Crippen LogP contribution < -0.4 is 29.1 Å². The van der Waals surface area contributed by atoms with Gasteiger partial charge in [0.25, 0.3) is 11.2 Å². The quantitative estimate of drug-likeness (QED) is 0.0837. The SMILES string of the molecule is CCOC(=O)C1=C(c2ccccc2)N=c2s/c(=C\c3cc(Br)c(Oc4ccc([N+](=O)[O-])cc4[N+](=O)[O-])c(OC)c3)c(=O)n2[C@H]1c1cccc(OC)c1. The van der Waals surface area contributed by atoms with Gasteiger partial charge in [0.05, 0.1) is 63.1 Å². The van der Waals surface area contributed by atoms with E-state index in [1.165, 1.54) is 18.8 Å². The van der Waals surface area contributed by atoms with Crippen LogP contribution in [0.3, 0.4) is 0 Å². The van der Waals surface area contributed by atoms with Crippen molar-refractivity contribution in [3.63, 3.8) is 0 Å². The number of benzene rings is 4. The predicted octanol–water partition coefficient (Wildman–Crippen LogP) is 6.32. The lowest BCUT2D eigenvalue weighted by Crippen LogP contribution is -2.40. The Morgan fingerprint density at radius 2 is 1.73 bits per heavy atom. The van der Waals surface area contributed by atoms with Gasteiger partial charge in [-0.25, -0.2) is 9.79 Å². The van der Waals surface area contributed by atoms with E-state index in [4.69, 9.17) is 23.9 Å². The van der Waals surface area contributed by atoms with Gasteiger partial charge < -0.3 is 18.9 Å². The lowest BCUT2D eigenvalue weighted by Gasteiger charge is -2.26. The highest BCUT2D eigenvalue weighted by atomic mass is 79.9. The smallest absolute Gasteiger partial charge is 0.338 e. The van der Waals surface area contributed by atoms with Crippen LogP contribution in [0, 0.1) is 20.2 Å². The molecule has 5 aromatic rings. The van der Waals surface area contributed by atoms with Crippen molar-refractivity contribution in [3.05, 3.63) is 152 Å². The molecule has 0 fully saturated rings. The summed E-state index contributed by atoms with van der Waals surface area (Å²) in [5.74, 6) is -0.141. The number of thiazole rings is 1. The van der Waals surface area contributed by atoms with Crippen molar-refractivity contribution in [3.8, 4) is 23.0 Å². The highest BCUT2D eigenvalue weighted by Crippen LogP contribution is 2.43. The van der Waals surface area contributed by atoms with Crippen LogP contribution >= 0.6 is 27.3 Å². The van der Waals surface area contributed by atoms with Crippen LogP contribution in [0.1, 0.15) is 29.7 Å². The van der Waals surface area contributed by atoms with Gasteiger partial charge in [-0.2, -0.15) is 0 Å². The second kappa shape index (κ2) is 15.0. The van der Waals surface area contributed by atoms with E-state index in [-0.39, 0.29) is 34.0 Å². The van der Waals surface area contributed by atoms with Gasteiger partial charge in [-0.3, -0.25) is 29.6 Å². The molecule has 14 nitrogen and oxygen atoms in total. The van der Waals surface area contributed by atoms with Crippen molar-refractivity contribution in [1.82, 2.24) is 4.57 Å². The molecule has 1 aromatic heterocycles. The summed E-state index contributed by atoms with van der Waals surface area (Å²) in [5.41, 5.74) is 0.792. The zero-order valence-corrected chi connectivity index (χ0v) is 30.0. The molecule has 1 aliphatic heterocycles. The van der Waals surface area contributed by atoms with E-state index in [0.29, 0.717) is 37.4 Å². The molecule has 4 aromatic carbocycles.